The minimum Gasteiger partial charge on any atom is -0.481 e. The van der Waals surface area contributed by atoms with Crippen LogP contribution in [0, 0.1) is 0 Å². The molecule has 1 N–H and O–H groups in total. The van der Waals surface area contributed by atoms with Crippen LogP contribution >= 0.6 is 0 Å². The van der Waals surface area contributed by atoms with Crippen molar-refractivity contribution in [2.75, 3.05) is 27.7 Å². The van der Waals surface area contributed by atoms with Crippen LogP contribution in [0.3, 0.4) is 0 Å². The molecule has 0 bridgehead atoms. The molecule has 0 amide bonds. The predicted octanol–water partition coefficient (Wildman–Crippen LogP) is 9.01. The SMILES string of the molecule is CCCCCCCCC/C=C/C/C=C/CCCCCCCCCCCC(=O)OC(CC(=O)O)C[N+](C)(C)C. The first-order chi connectivity index (χ1) is 18.2. The molecule has 1 unspecified atom stereocenters. The van der Waals surface area contributed by atoms with Crippen molar-refractivity contribution in [3.05, 3.63) is 24.3 Å². The van der Waals surface area contributed by atoms with E-state index in [-0.39, 0.29) is 12.4 Å². The number of nitrogens with zero attached hydrogens (tertiary/aromatic N) is 1. The zero-order chi connectivity index (χ0) is 28.3. The number of aliphatic carboxylic acids is 1. The summed E-state index contributed by atoms with van der Waals surface area (Å²) in [5.74, 6) is -1.19. The number of likely N-dealkylation sites (N-methyl/N-ethyl adjacent to an activating group) is 1. The lowest BCUT2D eigenvalue weighted by Gasteiger charge is -2.28. The van der Waals surface area contributed by atoms with E-state index in [1.165, 1.54) is 96.3 Å². The topological polar surface area (TPSA) is 63.6 Å². The quantitative estimate of drug-likeness (QED) is 0.0492. The van der Waals surface area contributed by atoms with Gasteiger partial charge in [-0.3, -0.25) is 9.59 Å². The van der Waals surface area contributed by atoms with Crippen LogP contribution in [0.2, 0.25) is 0 Å². The van der Waals surface area contributed by atoms with Crippen molar-refractivity contribution in [1.29, 1.82) is 0 Å². The smallest absolute Gasteiger partial charge is 0.307 e. The molecular weight excluding hydrogens is 474 g/mol. The second-order valence-electron chi connectivity index (χ2n) is 12.0. The van der Waals surface area contributed by atoms with Gasteiger partial charge in [0.05, 0.1) is 27.6 Å². The molecule has 0 spiro atoms. The van der Waals surface area contributed by atoms with E-state index >= 15 is 0 Å². The Labute approximate surface area is 235 Å². The third kappa shape index (κ3) is 28.9. The molecule has 1 atom stereocenters. The number of carboxylic acid groups (broad SMARTS) is 1. The molecule has 0 aliphatic heterocycles. The van der Waals surface area contributed by atoms with Crippen LogP contribution in [0.15, 0.2) is 24.3 Å². The summed E-state index contributed by atoms with van der Waals surface area (Å²) in [7, 11) is 5.91. The van der Waals surface area contributed by atoms with Crippen molar-refractivity contribution in [2.45, 2.75) is 148 Å². The van der Waals surface area contributed by atoms with Crippen molar-refractivity contribution in [1.82, 2.24) is 0 Å². The molecule has 0 saturated heterocycles. The van der Waals surface area contributed by atoms with E-state index in [4.69, 9.17) is 9.84 Å². The van der Waals surface area contributed by atoms with E-state index < -0.39 is 12.1 Å². The monoisotopic (exact) mass is 536 g/mol. The minimum absolute atomic E-state index is 0.131. The zero-order valence-corrected chi connectivity index (χ0v) is 25.6. The van der Waals surface area contributed by atoms with Gasteiger partial charge in [0.2, 0.25) is 0 Å². The highest BCUT2D eigenvalue weighted by Gasteiger charge is 2.24. The number of quaternary nitrogens is 1. The molecule has 0 aromatic carbocycles. The number of carbonyl (C=O) groups is 2. The molecule has 5 heteroatoms. The van der Waals surface area contributed by atoms with Gasteiger partial charge in [0.25, 0.3) is 0 Å². The summed E-state index contributed by atoms with van der Waals surface area (Å²) in [6.07, 6.45) is 33.0. The largest absolute Gasteiger partial charge is 0.481 e. The van der Waals surface area contributed by atoms with Crippen molar-refractivity contribution in [3.8, 4) is 0 Å². The third-order valence-corrected chi connectivity index (χ3v) is 6.78. The van der Waals surface area contributed by atoms with Crippen LogP contribution in [0.5, 0.6) is 0 Å². The van der Waals surface area contributed by atoms with Crippen LogP contribution in [0.4, 0.5) is 0 Å². The lowest BCUT2D eigenvalue weighted by Crippen LogP contribution is -2.43. The molecule has 0 heterocycles. The lowest BCUT2D eigenvalue weighted by molar-refractivity contribution is -0.873. The predicted molar refractivity (Wildman–Crippen MR) is 161 cm³/mol. The standard InChI is InChI=1S/C33H61NO4/c1-5-6-7-8-9-10-11-12-13-14-15-16-17-18-19-20-21-22-23-24-25-26-27-28-33(37)38-31(29-32(35)36)30-34(2,3)4/h13-14,16-17,31H,5-12,15,18-30H2,1-4H3/p+1/b14-13+,17-16+. The number of carbonyl (C=O) groups excluding carboxylic acids is 1. The number of carboxylic acids is 1. The van der Waals surface area contributed by atoms with Gasteiger partial charge < -0.3 is 14.3 Å². The Balaban J connectivity index is 3.50. The molecule has 38 heavy (non-hydrogen) atoms. The van der Waals surface area contributed by atoms with Gasteiger partial charge in [-0.1, -0.05) is 115 Å². The van der Waals surface area contributed by atoms with Gasteiger partial charge in [0, 0.05) is 6.42 Å². The zero-order valence-electron chi connectivity index (χ0n) is 25.6. The second kappa shape index (κ2) is 25.6. The fraction of sp³-hybridized carbons (Fsp3) is 0.818. The molecular formula is C33H62NO4+. The Kier molecular flexibility index (Phi) is 24.6. The van der Waals surface area contributed by atoms with Crippen molar-refractivity contribution in [3.63, 3.8) is 0 Å². The highest BCUT2D eigenvalue weighted by atomic mass is 16.5. The summed E-state index contributed by atoms with van der Waals surface area (Å²) < 4.78 is 6.01. The molecule has 222 valence electrons. The first-order valence-electron chi connectivity index (χ1n) is 15.8. The van der Waals surface area contributed by atoms with Gasteiger partial charge >= 0.3 is 11.9 Å². The van der Waals surface area contributed by atoms with Crippen molar-refractivity contribution < 1.29 is 23.9 Å². The number of hydrogen-bond acceptors (Lipinski definition) is 3. The number of hydrogen-bond donors (Lipinski definition) is 1. The molecule has 0 aromatic heterocycles. The molecule has 0 aliphatic rings. The second-order valence-corrected chi connectivity index (χ2v) is 12.0. The third-order valence-electron chi connectivity index (χ3n) is 6.78. The summed E-state index contributed by atoms with van der Waals surface area (Å²) in [4.78, 5) is 23.1. The summed E-state index contributed by atoms with van der Waals surface area (Å²) in [6.45, 7) is 2.78. The maximum atomic E-state index is 12.1. The van der Waals surface area contributed by atoms with Crippen molar-refractivity contribution >= 4 is 11.9 Å². The summed E-state index contributed by atoms with van der Waals surface area (Å²) in [6, 6.07) is 0. The molecule has 5 nitrogen and oxygen atoms in total. The van der Waals surface area contributed by atoms with E-state index in [0.717, 1.165) is 25.7 Å². The average molecular weight is 537 g/mol. The van der Waals surface area contributed by atoms with E-state index in [2.05, 4.69) is 31.2 Å². The first-order valence-corrected chi connectivity index (χ1v) is 15.8. The molecule has 0 radical (unpaired) electrons. The van der Waals surface area contributed by atoms with Gasteiger partial charge in [0.15, 0.2) is 6.10 Å². The molecule has 0 rings (SSSR count). The van der Waals surface area contributed by atoms with Crippen LogP contribution in [-0.2, 0) is 14.3 Å². The molecule has 0 aromatic rings. The van der Waals surface area contributed by atoms with Crippen LogP contribution in [-0.4, -0.2) is 55.3 Å². The van der Waals surface area contributed by atoms with Gasteiger partial charge in [-0.25, -0.2) is 0 Å². The maximum absolute atomic E-state index is 12.1. The first kappa shape index (κ1) is 36.4. The van der Waals surface area contributed by atoms with Crippen molar-refractivity contribution in [2.24, 2.45) is 0 Å². The Morgan fingerprint density at radius 1 is 0.684 bits per heavy atom. The number of unbranched alkanes of at least 4 members (excludes halogenated alkanes) is 16. The normalized spacial score (nSPS) is 12.9. The molecule has 0 fully saturated rings. The summed E-state index contributed by atoms with van der Waals surface area (Å²) in [5, 5.41) is 9.06. The Morgan fingerprint density at radius 3 is 1.58 bits per heavy atom. The molecule has 0 saturated carbocycles. The summed E-state index contributed by atoms with van der Waals surface area (Å²) >= 11 is 0. The van der Waals surface area contributed by atoms with Gasteiger partial charge in [-0.2, -0.15) is 0 Å². The van der Waals surface area contributed by atoms with Crippen LogP contribution in [0.25, 0.3) is 0 Å². The fourth-order valence-corrected chi connectivity index (χ4v) is 4.69. The van der Waals surface area contributed by atoms with Crippen LogP contribution < -0.4 is 0 Å². The van der Waals surface area contributed by atoms with E-state index in [1.807, 2.05) is 21.1 Å². The minimum atomic E-state index is -0.926. The maximum Gasteiger partial charge on any atom is 0.307 e. The van der Waals surface area contributed by atoms with Gasteiger partial charge in [0.1, 0.15) is 6.54 Å². The van der Waals surface area contributed by atoms with Crippen LogP contribution in [0.1, 0.15) is 142 Å². The molecule has 0 aliphatic carbocycles. The Morgan fingerprint density at radius 2 is 1.13 bits per heavy atom. The van der Waals surface area contributed by atoms with E-state index in [9.17, 15) is 9.59 Å². The number of esters is 1. The fourth-order valence-electron chi connectivity index (χ4n) is 4.69. The number of allylic oxidation sites excluding steroid dienone is 4. The van der Waals surface area contributed by atoms with E-state index in [1.54, 1.807) is 0 Å². The van der Waals surface area contributed by atoms with E-state index in [0.29, 0.717) is 17.4 Å². The lowest BCUT2D eigenvalue weighted by atomic mass is 10.1. The average Bonchev–Trinajstić information content (AvgIpc) is 2.83. The number of ether oxygens (including phenoxy) is 1. The Hall–Kier alpha value is -1.62. The summed E-state index contributed by atoms with van der Waals surface area (Å²) in [5.41, 5.74) is 0. The van der Waals surface area contributed by atoms with Gasteiger partial charge in [-0.15, -0.1) is 0 Å². The highest BCUT2D eigenvalue weighted by molar-refractivity contribution is 5.71. The Bertz CT molecular complexity index is 621. The highest BCUT2D eigenvalue weighted by Crippen LogP contribution is 2.13. The van der Waals surface area contributed by atoms with Gasteiger partial charge in [-0.05, 0) is 38.5 Å². The number of rotatable bonds is 27.